The van der Waals surface area contributed by atoms with Crippen molar-refractivity contribution in [2.45, 2.75) is 60.9 Å². The van der Waals surface area contributed by atoms with E-state index >= 15 is 0 Å². The van der Waals surface area contributed by atoms with Crippen LogP contribution in [0.4, 0.5) is 92.2 Å². The van der Waals surface area contributed by atoms with Crippen molar-refractivity contribution in [3.63, 3.8) is 0 Å². The fourth-order valence-corrected chi connectivity index (χ4v) is 2.76. The molecule has 41 heavy (non-hydrogen) atoms. The van der Waals surface area contributed by atoms with Crippen LogP contribution in [0.2, 0.25) is 0 Å². The van der Waals surface area contributed by atoms with Crippen LogP contribution >= 0.6 is 0 Å². The summed E-state index contributed by atoms with van der Waals surface area (Å²) in [5, 5.41) is 0. The predicted octanol–water partition coefficient (Wildman–Crippen LogP) is 9.11. The van der Waals surface area contributed by atoms with Crippen molar-refractivity contribution in [2.24, 2.45) is 0 Å². The highest BCUT2D eigenvalue weighted by atomic mass is 19.4. The summed E-state index contributed by atoms with van der Waals surface area (Å²) in [5.74, 6) is -24.3. The summed E-state index contributed by atoms with van der Waals surface area (Å²) >= 11 is 0. The number of ether oxygens (including phenoxy) is 1. The SMILES string of the molecule is FC(F)(F)C(=C=C(C(F)(F)C(F)(F)F)C(OCc1ccccc1)(C(F)(F)F)C(F)(F)F)C(F)(F)C(F)(F)C(F)(F)F. The first-order valence-electron chi connectivity index (χ1n) is 9.48. The molecule has 0 N–H and O–H groups in total. The van der Waals surface area contributed by atoms with E-state index in [1.54, 1.807) is 0 Å². The molecule has 0 amide bonds. The second kappa shape index (κ2) is 10.5. The average Bonchev–Trinajstić information content (AvgIpc) is 2.71. The van der Waals surface area contributed by atoms with Crippen LogP contribution in [0.1, 0.15) is 5.56 Å². The van der Waals surface area contributed by atoms with Crippen molar-refractivity contribution in [3.05, 3.63) is 52.8 Å². The van der Waals surface area contributed by atoms with Gasteiger partial charge in [0.25, 0.3) is 5.60 Å². The molecule has 0 fully saturated rings. The van der Waals surface area contributed by atoms with Crippen molar-refractivity contribution in [3.8, 4) is 0 Å². The quantitative estimate of drug-likeness (QED) is 0.212. The number of hydrogen-bond donors (Lipinski definition) is 0. The molecule has 0 saturated heterocycles. The van der Waals surface area contributed by atoms with Gasteiger partial charge in [-0.15, -0.1) is 0 Å². The highest BCUT2D eigenvalue weighted by Gasteiger charge is 2.82. The molecule has 1 aromatic rings. The van der Waals surface area contributed by atoms with Gasteiger partial charge >= 0.3 is 48.6 Å². The summed E-state index contributed by atoms with van der Waals surface area (Å²) in [6.07, 6.45) is -39.2. The van der Waals surface area contributed by atoms with Crippen LogP contribution in [0.25, 0.3) is 0 Å². The van der Waals surface area contributed by atoms with Gasteiger partial charge in [-0.05, 0) is 5.56 Å². The molecule has 0 atom stereocenters. The van der Waals surface area contributed by atoms with E-state index in [2.05, 4.69) is 4.74 Å². The zero-order valence-corrected chi connectivity index (χ0v) is 18.4. The summed E-state index contributed by atoms with van der Waals surface area (Å²) in [6, 6.07) is 3.58. The molecule has 0 unspecified atom stereocenters. The molecule has 0 aliphatic rings. The third kappa shape index (κ3) is 6.51. The lowest BCUT2D eigenvalue weighted by molar-refractivity contribution is -0.383. The van der Waals surface area contributed by atoms with E-state index in [0.717, 1.165) is 18.2 Å². The first-order chi connectivity index (χ1) is 17.8. The zero-order chi connectivity index (χ0) is 32.9. The summed E-state index contributed by atoms with van der Waals surface area (Å²) in [4.78, 5) is 0. The van der Waals surface area contributed by atoms with E-state index in [0.29, 0.717) is 12.1 Å². The van der Waals surface area contributed by atoms with Crippen molar-refractivity contribution in [1.29, 1.82) is 0 Å². The van der Waals surface area contributed by atoms with Gasteiger partial charge < -0.3 is 4.74 Å². The molecule has 22 heteroatoms. The highest BCUT2D eigenvalue weighted by molar-refractivity contribution is 5.37. The van der Waals surface area contributed by atoms with Crippen LogP contribution in [-0.4, -0.2) is 54.3 Å². The van der Waals surface area contributed by atoms with Crippen LogP contribution in [0, 0.1) is 0 Å². The van der Waals surface area contributed by atoms with Gasteiger partial charge in [0.15, 0.2) is 5.57 Å². The van der Waals surface area contributed by atoms with E-state index in [1.165, 1.54) is 0 Å². The number of rotatable bonds is 7. The molecule has 0 spiro atoms. The van der Waals surface area contributed by atoms with Crippen molar-refractivity contribution in [2.75, 3.05) is 0 Å². The Balaban J connectivity index is 4.65. The minimum Gasteiger partial charge on any atom is -0.349 e. The first-order valence-corrected chi connectivity index (χ1v) is 9.48. The van der Waals surface area contributed by atoms with E-state index in [-0.39, 0.29) is 0 Å². The Labute approximate surface area is 211 Å². The molecule has 0 saturated carbocycles. The van der Waals surface area contributed by atoms with E-state index in [1.807, 2.05) is 0 Å². The van der Waals surface area contributed by atoms with Gasteiger partial charge in [0.05, 0.1) is 6.61 Å². The van der Waals surface area contributed by atoms with Crippen molar-refractivity contribution < 1.29 is 96.9 Å². The molecule has 0 aliphatic heterocycles. The van der Waals surface area contributed by atoms with Crippen LogP contribution in [0.15, 0.2) is 47.2 Å². The molecule has 0 aliphatic carbocycles. The zero-order valence-electron chi connectivity index (χ0n) is 18.4. The van der Waals surface area contributed by atoms with Crippen LogP contribution in [0.3, 0.4) is 0 Å². The lowest BCUT2D eigenvalue weighted by Gasteiger charge is -2.40. The van der Waals surface area contributed by atoms with Crippen LogP contribution < -0.4 is 0 Å². The third-order valence-corrected chi connectivity index (χ3v) is 4.72. The number of hydrogen-bond acceptors (Lipinski definition) is 1. The van der Waals surface area contributed by atoms with E-state index in [9.17, 15) is 92.2 Å². The molecule has 236 valence electrons. The van der Waals surface area contributed by atoms with Crippen LogP contribution in [0.5, 0.6) is 0 Å². The lowest BCUT2D eigenvalue weighted by Crippen LogP contribution is -2.64. The van der Waals surface area contributed by atoms with Gasteiger partial charge in [0.2, 0.25) is 0 Å². The first kappa shape index (κ1) is 36.3. The maximum Gasteiger partial charge on any atom is 0.460 e. The molecule has 1 rings (SSSR count). The average molecular weight is 650 g/mol. The number of alkyl halides is 21. The third-order valence-electron chi connectivity index (χ3n) is 4.72. The second-order valence-electron chi connectivity index (χ2n) is 7.54. The topological polar surface area (TPSA) is 9.23 Å². The summed E-state index contributed by atoms with van der Waals surface area (Å²) in [5.41, 5.74) is -20.5. The Morgan fingerprint density at radius 1 is 0.512 bits per heavy atom. The van der Waals surface area contributed by atoms with Gasteiger partial charge in [-0.1, -0.05) is 36.1 Å². The summed E-state index contributed by atoms with van der Waals surface area (Å²) in [6.45, 7) is -2.38. The molecular weight excluding hydrogens is 643 g/mol. The minimum absolute atomic E-state index is 0.512. The predicted molar refractivity (Wildman–Crippen MR) is 89.6 cm³/mol. The largest absolute Gasteiger partial charge is 0.460 e. The van der Waals surface area contributed by atoms with Gasteiger partial charge in [0.1, 0.15) is 5.57 Å². The van der Waals surface area contributed by atoms with Gasteiger partial charge in [-0.25, -0.2) is 0 Å². The molecule has 0 bridgehead atoms. The highest BCUT2D eigenvalue weighted by Crippen LogP contribution is 2.59. The van der Waals surface area contributed by atoms with Gasteiger partial charge in [0, 0.05) is 0 Å². The summed E-state index contributed by atoms with van der Waals surface area (Å²) in [7, 11) is 0. The smallest absolute Gasteiger partial charge is 0.349 e. The van der Waals surface area contributed by atoms with Crippen LogP contribution in [-0.2, 0) is 11.3 Å². The van der Waals surface area contributed by atoms with Gasteiger partial charge in [-0.3, -0.25) is 0 Å². The Morgan fingerprint density at radius 2 is 0.927 bits per heavy atom. The van der Waals surface area contributed by atoms with Crippen molar-refractivity contribution in [1.82, 2.24) is 0 Å². The maximum atomic E-state index is 14.2. The van der Waals surface area contributed by atoms with Gasteiger partial charge in [-0.2, -0.15) is 92.2 Å². The number of benzene rings is 1. The fraction of sp³-hybridized carbons (Fsp3) is 0.526. The monoisotopic (exact) mass is 650 g/mol. The van der Waals surface area contributed by atoms with Crippen molar-refractivity contribution >= 4 is 0 Å². The molecule has 1 aromatic carbocycles. The van der Waals surface area contributed by atoms with E-state index < -0.39 is 83.3 Å². The molecule has 0 heterocycles. The molecule has 0 radical (unpaired) electrons. The Bertz CT molecular complexity index is 1110. The fourth-order valence-electron chi connectivity index (χ4n) is 2.76. The molecule has 1 nitrogen and oxygen atoms in total. The molecular formula is C19H7F21O. The Morgan fingerprint density at radius 3 is 1.24 bits per heavy atom. The Hall–Kier alpha value is -2.77. The summed E-state index contributed by atoms with van der Waals surface area (Å²) < 4.78 is 285. The normalized spacial score (nSPS) is 15.0. The van der Waals surface area contributed by atoms with E-state index in [4.69, 9.17) is 0 Å². The Kier molecular flexibility index (Phi) is 9.28. The minimum atomic E-state index is -8.15. The maximum absolute atomic E-state index is 14.2. The molecule has 0 aromatic heterocycles. The lowest BCUT2D eigenvalue weighted by atomic mass is 9.85. The standard InChI is InChI=1S/C19H7F21O/c20-12(21,15(27,28)19(38,39)40)10(14(24,25)26)6-9(13(22,23)18(35,36)37)11(16(29,30)31,17(32,33)34)41-7-8-4-2-1-3-5-8/h1-5H,7H2. The second-order valence-corrected chi connectivity index (χ2v) is 7.54. The number of halogens is 21.